The Morgan fingerprint density at radius 1 is 1.26 bits per heavy atom. The quantitative estimate of drug-likeness (QED) is 0.520. The first-order chi connectivity index (χ1) is 11.0. The highest BCUT2D eigenvalue weighted by molar-refractivity contribution is 5.84. The van der Waals surface area contributed by atoms with Crippen molar-refractivity contribution in [2.45, 2.75) is 58.0 Å². The maximum absolute atomic E-state index is 11.9. The molecular weight excluding hydrogens is 290 g/mol. The second kappa shape index (κ2) is 7.99. The molecule has 0 aromatic heterocycles. The highest BCUT2D eigenvalue weighted by Gasteiger charge is 2.31. The summed E-state index contributed by atoms with van der Waals surface area (Å²) >= 11 is 0. The van der Waals surface area contributed by atoms with Gasteiger partial charge in [0.2, 0.25) is 5.91 Å². The fraction of sp³-hybridized carbons (Fsp3) is 0.882. The van der Waals surface area contributed by atoms with E-state index in [1.165, 1.54) is 32.2 Å². The first-order valence-corrected chi connectivity index (χ1v) is 8.89. The van der Waals surface area contributed by atoms with Gasteiger partial charge in [-0.3, -0.25) is 14.7 Å². The Hall–Kier alpha value is -1.30. The minimum Gasteiger partial charge on any atom is -0.359 e. The SMILES string of the molecule is CN=C(NCC(C)(C)C(=O)NC)NC1CCN(C2CCCC2)C1. The smallest absolute Gasteiger partial charge is 0.227 e. The van der Waals surface area contributed by atoms with E-state index in [1.54, 1.807) is 14.1 Å². The largest absolute Gasteiger partial charge is 0.359 e. The minimum absolute atomic E-state index is 0.0359. The number of guanidine groups is 1. The number of nitrogens with one attached hydrogen (secondary N) is 3. The molecule has 2 aliphatic rings. The van der Waals surface area contributed by atoms with E-state index in [1.807, 2.05) is 13.8 Å². The summed E-state index contributed by atoms with van der Waals surface area (Å²) in [6, 6.07) is 1.24. The zero-order valence-corrected chi connectivity index (χ0v) is 15.1. The summed E-state index contributed by atoms with van der Waals surface area (Å²) in [5, 5.41) is 9.52. The zero-order chi connectivity index (χ0) is 16.9. The van der Waals surface area contributed by atoms with Gasteiger partial charge in [-0.05, 0) is 33.1 Å². The van der Waals surface area contributed by atoms with Gasteiger partial charge in [-0.2, -0.15) is 0 Å². The number of carbonyl (C=O) groups excluding carboxylic acids is 1. The van der Waals surface area contributed by atoms with E-state index in [0.717, 1.165) is 25.0 Å². The molecule has 2 fully saturated rings. The number of likely N-dealkylation sites (tertiary alicyclic amines) is 1. The predicted molar refractivity (Wildman–Crippen MR) is 94.6 cm³/mol. The van der Waals surface area contributed by atoms with Crippen molar-refractivity contribution in [2.75, 3.05) is 33.7 Å². The lowest BCUT2D eigenvalue weighted by Gasteiger charge is -2.26. The number of nitrogens with zero attached hydrogens (tertiary/aromatic N) is 2. The lowest BCUT2D eigenvalue weighted by molar-refractivity contribution is -0.128. The van der Waals surface area contributed by atoms with Gasteiger partial charge in [0.15, 0.2) is 5.96 Å². The standard InChI is InChI=1S/C17H33N5O/c1-17(2,15(23)18-3)12-20-16(19-4)21-13-9-10-22(11-13)14-7-5-6-8-14/h13-14H,5-12H2,1-4H3,(H,18,23)(H2,19,20,21). The Kier molecular flexibility index (Phi) is 6.27. The number of carbonyl (C=O) groups is 1. The van der Waals surface area contributed by atoms with Crippen LogP contribution in [0.25, 0.3) is 0 Å². The van der Waals surface area contributed by atoms with E-state index in [4.69, 9.17) is 0 Å². The molecule has 0 aromatic rings. The summed E-state index contributed by atoms with van der Waals surface area (Å²) in [5.41, 5.74) is -0.460. The summed E-state index contributed by atoms with van der Waals surface area (Å²) in [7, 11) is 3.46. The zero-order valence-electron chi connectivity index (χ0n) is 15.1. The molecule has 132 valence electrons. The predicted octanol–water partition coefficient (Wildman–Crippen LogP) is 0.941. The molecule has 1 aliphatic carbocycles. The van der Waals surface area contributed by atoms with Crippen molar-refractivity contribution in [3.8, 4) is 0 Å². The molecule has 1 saturated heterocycles. The lowest BCUT2D eigenvalue weighted by Crippen LogP contribution is -2.50. The van der Waals surface area contributed by atoms with E-state index in [2.05, 4.69) is 25.8 Å². The van der Waals surface area contributed by atoms with Crippen LogP contribution in [0.1, 0.15) is 46.0 Å². The van der Waals surface area contributed by atoms with Gasteiger partial charge in [-0.15, -0.1) is 0 Å². The normalized spacial score (nSPS) is 24.0. The third-order valence-electron chi connectivity index (χ3n) is 5.16. The van der Waals surface area contributed by atoms with Crippen molar-refractivity contribution in [1.29, 1.82) is 0 Å². The maximum atomic E-state index is 11.9. The van der Waals surface area contributed by atoms with Crippen LogP contribution in [0.4, 0.5) is 0 Å². The molecule has 1 aliphatic heterocycles. The number of rotatable bonds is 5. The van der Waals surface area contributed by atoms with E-state index in [9.17, 15) is 4.79 Å². The van der Waals surface area contributed by atoms with Crippen LogP contribution in [0.5, 0.6) is 0 Å². The number of amides is 1. The van der Waals surface area contributed by atoms with Gasteiger partial charge in [0.1, 0.15) is 0 Å². The average Bonchev–Trinajstić information content (AvgIpc) is 3.21. The minimum atomic E-state index is -0.460. The van der Waals surface area contributed by atoms with E-state index in [0.29, 0.717) is 12.6 Å². The highest BCUT2D eigenvalue weighted by atomic mass is 16.2. The van der Waals surface area contributed by atoms with Gasteiger partial charge < -0.3 is 16.0 Å². The molecule has 1 unspecified atom stereocenters. The Morgan fingerprint density at radius 2 is 1.96 bits per heavy atom. The summed E-state index contributed by atoms with van der Waals surface area (Å²) in [6.45, 7) is 6.71. The third kappa shape index (κ3) is 4.83. The summed E-state index contributed by atoms with van der Waals surface area (Å²) in [5.74, 6) is 0.828. The molecule has 1 heterocycles. The van der Waals surface area contributed by atoms with Crippen molar-refractivity contribution in [3.05, 3.63) is 0 Å². The molecule has 1 amide bonds. The van der Waals surface area contributed by atoms with Gasteiger partial charge in [-0.25, -0.2) is 0 Å². The topological polar surface area (TPSA) is 68.8 Å². The van der Waals surface area contributed by atoms with Gasteiger partial charge in [0, 0.05) is 45.8 Å². The summed E-state index contributed by atoms with van der Waals surface area (Å²) in [4.78, 5) is 18.8. The van der Waals surface area contributed by atoms with Crippen molar-refractivity contribution in [2.24, 2.45) is 10.4 Å². The van der Waals surface area contributed by atoms with Crippen LogP contribution in [0.15, 0.2) is 4.99 Å². The van der Waals surface area contributed by atoms with E-state index >= 15 is 0 Å². The molecule has 3 N–H and O–H groups in total. The van der Waals surface area contributed by atoms with Crippen LogP contribution in [0.2, 0.25) is 0 Å². The lowest BCUT2D eigenvalue weighted by atomic mass is 9.92. The van der Waals surface area contributed by atoms with Crippen LogP contribution in [0, 0.1) is 5.41 Å². The third-order valence-corrected chi connectivity index (χ3v) is 5.16. The summed E-state index contributed by atoms with van der Waals surface area (Å²) in [6.07, 6.45) is 6.66. The molecule has 6 heteroatoms. The molecular formula is C17H33N5O. The molecule has 1 atom stereocenters. The molecule has 0 aromatic carbocycles. The van der Waals surface area contributed by atoms with Crippen LogP contribution >= 0.6 is 0 Å². The van der Waals surface area contributed by atoms with E-state index in [-0.39, 0.29) is 5.91 Å². The average molecular weight is 323 g/mol. The Morgan fingerprint density at radius 3 is 2.57 bits per heavy atom. The first-order valence-electron chi connectivity index (χ1n) is 8.89. The van der Waals surface area contributed by atoms with Crippen molar-refractivity contribution < 1.29 is 4.79 Å². The fourth-order valence-electron chi connectivity index (χ4n) is 3.62. The second-order valence-electron chi connectivity index (χ2n) is 7.45. The van der Waals surface area contributed by atoms with Crippen LogP contribution < -0.4 is 16.0 Å². The van der Waals surface area contributed by atoms with Crippen LogP contribution in [-0.2, 0) is 4.79 Å². The van der Waals surface area contributed by atoms with Gasteiger partial charge in [0.05, 0.1) is 5.41 Å². The fourth-order valence-corrected chi connectivity index (χ4v) is 3.62. The number of hydrogen-bond acceptors (Lipinski definition) is 3. The Labute approximate surface area is 140 Å². The molecule has 2 rings (SSSR count). The summed E-state index contributed by atoms with van der Waals surface area (Å²) < 4.78 is 0. The van der Waals surface area contributed by atoms with Gasteiger partial charge >= 0.3 is 0 Å². The second-order valence-corrected chi connectivity index (χ2v) is 7.45. The molecule has 0 spiro atoms. The number of aliphatic imine (C=N–C) groups is 1. The van der Waals surface area contributed by atoms with Crippen molar-refractivity contribution in [1.82, 2.24) is 20.9 Å². The highest BCUT2D eigenvalue weighted by Crippen LogP contribution is 2.26. The van der Waals surface area contributed by atoms with Crippen molar-refractivity contribution >= 4 is 11.9 Å². The number of hydrogen-bond donors (Lipinski definition) is 3. The van der Waals surface area contributed by atoms with Crippen molar-refractivity contribution in [3.63, 3.8) is 0 Å². The van der Waals surface area contributed by atoms with E-state index < -0.39 is 5.41 Å². The maximum Gasteiger partial charge on any atom is 0.227 e. The first kappa shape index (κ1) is 18.0. The molecule has 23 heavy (non-hydrogen) atoms. The molecule has 0 radical (unpaired) electrons. The molecule has 0 bridgehead atoms. The monoisotopic (exact) mass is 323 g/mol. The molecule has 6 nitrogen and oxygen atoms in total. The Bertz CT molecular complexity index is 429. The molecule has 1 saturated carbocycles. The van der Waals surface area contributed by atoms with Crippen LogP contribution in [-0.4, -0.2) is 62.6 Å². The van der Waals surface area contributed by atoms with Gasteiger partial charge in [-0.1, -0.05) is 12.8 Å². The van der Waals surface area contributed by atoms with Crippen LogP contribution in [0.3, 0.4) is 0 Å². The van der Waals surface area contributed by atoms with Gasteiger partial charge in [0.25, 0.3) is 0 Å². The Balaban J connectivity index is 1.78.